The lowest BCUT2D eigenvalue weighted by Crippen LogP contribution is -2.35. The van der Waals surface area contributed by atoms with Crippen LogP contribution in [0.2, 0.25) is 0 Å². The summed E-state index contributed by atoms with van der Waals surface area (Å²) in [4.78, 5) is 0. The third kappa shape index (κ3) is 3.02. The van der Waals surface area contributed by atoms with Crippen LogP contribution >= 0.6 is 0 Å². The van der Waals surface area contributed by atoms with Crippen molar-refractivity contribution in [2.75, 3.05) is 6.54 Å². The molecule has 0 aromatic heterocycles. The molecule has 3 aromatic rings. The molecule has 4 rings (SSSR count). The minimum Gasteiger partial charge on any atom is -0.489 e. The molecule has 1 N–H and O–H groups in total. The molecule has 3 aromatic carbocycles. The molecule has 1 aliphatic rings. The maximum absolute atomic E-state index is 6.14. The second kappa shape index (κ2) is 6.66. The monoisotopic (exact) mass is 317 g/mol. The third-order valence-electron chi connectivity index (χ3n) is 4.94. The van der Waals surface area contributed by atoms with Crippen LogP contribution in [0.3, 0.4) is 0 Å². The number of nitrogens with one attached hydrogen (secondary N) is 1. The van der Waals surface area contributed by atoms with Crippen LogP contribution in [-0.2, 0) is 6.42 Å². The molecule has 0 aliphatic carbocycles. The van der Waals surface area contributed by atoms with E-state index in [1.807, 2.05) is 6.07 Å². The Morgan fingerprint density at radius 2 is 1.79 bits per heavy atom. The number of hydrogen-bond acceptors (Lipinski definition) is 2. The van der Waals surface area contributed by atoms with Crippen LogP contribution < -0.4 is 10.1 Å². The minimum absolute atomic E-state index is 0.248. The smallest absolute Gasteiger partial charge is 0.122 e. The van der Waals surface area contributed by atoms with Gasteiger partial charge in [0, 0.05) is 12.6 Å². The molecular weight excluding hydrogens is 294 g/mol. The Morgan fingerprint density at radius 1 is 1.00 bits per heavy atom. The van der Waals surface area contributed by atoms with Gasteiger partial charge in [0.25, 0.3) is 0 Å². The van der Waals surface area contributed by atoms with Gasteiger partial charge in [0.1, 0.15) is 11.9 Å². The van der Waals surface area contributed by atoms with E-state index in [-0.39, 0.29) is 6.10 Å². The molecular formula is C22H23NO. The third-order valence-corrected chi connectivity index (χ3v) is 4.94. The summed E-state index contributed by atoms with van der Waals surface area (Å²) in [5, 5.41) is 6.29. The molecule has 0 radical (unpaired) electrons. The molecule has 2 atom stereocenters. The van der Waals surface area contributed by atoms with Crippen molar-refractivity contribution in [2.24, 2.45) is 0 Å². The molecule has 1 heterocycles. The second-order valence-electron chi connectivity index (χ2n) is 6.58. The maximum Gasteiger partial charge on any atom is 0.122 e. The largest absolute Gasteiger partial charge is 0.489 e. The average molecular weight is 317 g/mol. The van der Waals surface area contributed by atoms with Crippen molar-refractivity contribution in [2.45, 2.75) is 31.9 Å². The van der Waals surface area contributed by atoms with Gasteiger partial charge < -0.3 is 10.1 Å². The molecule has 0 saturated heterocycles. The van der Waals surface area contributed by atoms with Crippen LogP contribution in [0.15, 0.2) is 66.7 Å². The van der Waals surface area contributed by atoms with E-state index in [9.17, 15) is 0 Å². The van der Waals surface area contributed by atoms with Crippen molar-refractivity contribution in [1.82, 2.24) is 5.32 Å². The van der Waals surface area contributed by atoms with E-state index >= 15 is 0 Å². The highest BCUT2D eigenvalue weighted by Gasteiger charge is 2.20. The van der Waals surface area contributed by atoms with Crippen molar-refractivity contribution in [3.63, 3.8) is 0 Å². The summed E-state index contributed by atoms with van der Waals surface area (Å²) in [7, 11) is 0. The molecule has 0 spiro atoms. The van der Waals surface area contributed by atoms with E-state index in [4.69, 9.17) is 4.74 Å². The average Bonchev–Trinajstić information content (AvgIpc) is 2.65. The van der Waals surface area contributed by atoms with Crippen LogP contribution in [0.25, 0.3) is 10.8 Å². The zero-order valence-electron chi connectivity index (χ0n) is 14.0. The molecule has 0 amide bonds. The van der Waals surface area contributed by atoms with Crippen LogP contribution in [0.5, 0.6) is 5.75 Å². The Balaban J connectivity index is 1.44. The zero-order valence-corrected chi connectivity index (χ0v) is 14.0. The summed E-state index contributed by atoms with van der Waals surface area (Å²) in [5.74, 6) is 1.05. The Kier molecular flexibility index (Phi) is 4.22. The lowest BCUT2D eigenvalue weighted by molar-refractivity contribution is 0.167. The van der Waals surface area contributed by atoms with Gasteiger partial charge in [-0.2, -0.15) is 0 Å². The molecule has 0 saturated carbocycles. The lowest BCUT2D eigenvalue weighted by atomic mass is 9.99. The molecule has 122 valence electrons. The summed E-state index contributed by atoms with van der Waals surface area (Å²) in [6, 6.07) is 23.8. The minimum atomic E-state index is 0.248. The fourth-order valence-electron chi connectivity index (χ4n) is 3.57. The Morgan fingerprint density at radius 3 is 2.75 bits per heavy atom. The van der Waals surface area contributed by atoms with Crippen molar-refractivity contribution >= 4 is 10.8 Å². The second-order valence-corrected chi connectivity index (χ2v) is 6.58. The Hall–Kier alpha value is -2.32. The van der Waals surface area contributed by atoms with Gasteiger partial charge >= 0.3 is 0 Å². The van der Waals surface area contributed by atoms with Crippen molar-refractivity contribution in [1.29, 1.82) is 0 Å². The highest BCUT2D eigenvalue weighted by Crippen LogP contribution is 2.28. The van der Waals surface area contributed by atoms with Crippen LogP contribution in [-0.4, -0.2) is 12.6 Å². The first kappa shape index (κ1) is 15.2. The molecule has 0 bridgehead atoms. The molecule has 1 aliphatic heterocycles. The Labute approximate surface area is 143 Å². The molecule has 0 fully saturated rings. The van der Waals surface area contributed by atoms with E-state index in [1.54, 1.807) is 0 Å². The summed E-state index contributed by atoms with van der Waals surface area (Å²) >= 11 is 0. The SMILES string of the molecule is C[C@@H](NCC1CCc2ccccc2O1)c1cccc2ccccc12. The van der Waals surface area contributed by atoms with Crippen LogP contribution in [0.1, 0.15) is 30.5 Å². The van der Waals surface area contributed by atoms with E-state index in [2.05, 4.69) is 72.9 Å². The lowest BCUT2D eigenvalue weighted by Gasteiger charge is -2.27. The normalized spacial score (nSPS) is 18.0. The summed E-state index contributed by atoms with van der Waals surface area (Å²) in [6.07, 6.45) is 2.43. The van der Waals surface area contributed by atoms with Gasteiger partial charge in [-0.3, -0.25) is 0 Å². The van der Waals surface area contributed by atoms with E-state index in [0.717, 1.165) is 25.1 Å². The number of rotatable bonds is 4. The molecule has 24 heavy (non-hydrogen) atoms. The zero-order chi connectivity index (χ0) is 16.4. The van der Waals surface area contributed by atoms with Gasteiger partial charge in [-0.1, -0.05) is 60.7 Å². The molecule has 2 nitrogen and oxygen atoms in total. The Bertz CT molecular complexity index is 837. The molecule has 1 unspecified atom stereocenters. The number of ether oxygens (including phenoxy) is 1. The number of fused-ring (bicyclic) bond motifs is 2. The number of benzene rings is 3. The fourth-order valence-corrected chi connectivity index (χ4v) is 3.57. The number of aryl methyl sites for hydroxylation is 1. The van der Waals surface area contributed by atoms with E-state index in [0.29, 0.717) is 6.04 Å². The highest BCUT2D eigenvalue weighted by molar-refractivity contribution is 5.86. The summed E-state index contributed by atoms with van der Waals surface area (Å²) in [5.41, 5.74) is 2.68. The summed E-state index contributed by atoms with van der Waals surface area (Å²) < 4.78 is 6.14. The van der Waals surface area contributed by atoms with E-state index in [1.165, 1.54) is 21.9 Å². The highest BCUT2D eigenvalue weighted by atomic mass is 16.5. The van der Waals surface area contributed by atoms with Crippen LogP contribution in [0.4, 0.5) is 0 Å². The van der Waals surface area contributed by atoms with Gasteiger partial charge in [0.05, 0.1) is 0 Å². The molecule has 2 heteroatoms. The number of hydrogen-bond donors (Lipinski definition) is 1. The predicted molar refractivity (Wildman–Crippen MR) is 99.5 cm³/mol. The maximum atomic E-state index is 6.14. The first-order chi connectivity index (χ1) is 11.8. The first-order valence-electron chi connectivity index (χ1n) is 8.77. The van der Waals surface area contributed by atoms with Gasteiger partial charge in [-0.05, 0) is 47.7 Å². The van der Waals surface area contributed by atoms with Crippen molar-refractivity contribution in [3.8, 4) is 5.75 Å². The fraction of sp³-hybridized carbons (Fsp3) is 0.273. The quantitative estimate of drug-likeness (QED) is 0.740. The topological polar surface area (TPSA) is 21.3 Å². The van der Waals surface area contributed by atoms with Gasteiger partial charge in [0.15, 0.2) is 0 Å². The van der Waals surface area contributed by atoms with Gasteiger partial charge in [-0.15, -0.1) is 0 Å². The van der Waals surface area contributed by atoms with Gasteiger partial charge in [0.2, 0.25) is 0 Å². The van der Waals surface area contributed by atoms with Crippen molar-refractivity contribution in [3.05, 3.63) is 77.9 Å². The first-order valence-corrected chi connectivity index (χ1v) is 8.77. The predicted octanol–water partition coefficient (Wildman–Crippen LogP) is 4.88. The van der Waals surface area contributed by atoms with E-state index < -0.39 is 0 Å². The van der Waals surface area contributed by atoms with Gasteiger partial charge in [-0.25, -0.2) is 0 Å². The van der Waals surface area contributed by atoms with Crippen molar-refractivity contribution < 1.29 is 4.74 Å². The van der Waals surface area contributed by atoms with Crippen LogP contribution in [0, 0.1) is 0 Å². The number of para-hydroxylation sites is 1. The standard InChI is InChI=1S/C22H23NO/c1-16(20-11-6-9-17-7-2-4-10-21(17)20)23-15-19-14-13-18-8-3-5-12-22(18)24-19/h2-12,16,19,23H,13-15H2,1H3/t16-,19?/m1/s1. The summed E-state index contributed by atoms with van der Waals surface area (Å²) in [6.45, 7) is 3.11.